The number of para-hydroxylation sites is 2. The highest BCUT2D eigenvalue weighted by Gasteiger charge is 2.34. The highest BCUT2D eigenvalue weighted by molar-refractivity contribution is 7.89. The van der Waals surface area contributed by atoms with E-state index >= 15 is 0 Å². The van der Waals surface area contributed by atoms with Crippen LogP contribution in [0, 0.1) is 12.8 Å². The summed E-state index contributed by atoms with van der Waals surface area (Å²) in [6.45, 7) is 6.13. The van der Waals surface area contributed by atoms with E-state index in [2.05, 4.69) is 10.6 Å². The molecule has 182 valence electrons. The molecule has 2 N–H and O–H groups in total. The summed E-state index contributed by atoms with van der Waals surface area (Å²) in [5, 5.41) is 5.65. The summed E-state index contributed by atoms with van der Waals surface area (Å²) in [5.74, 6) is 0.219. The van der Waals surface area contributed by atoms with E-state index in [-0.39, 0.29) is 35.7 Å². The minimum atomic E-state index is -3.79. The van der Waals surface area contributed by atoms with Crippen molar-refractivity contribution in [2.75, 3.05) is 30.3 Å². The van der Waals surface area contributed by atoms with Crippen molar-refractivity contribution in [3.63, 3.8) is 0 Å². The van der Waals surface area contributed by atoms with Gasteiger partial charge in [0.15, 0.2) is 6.10 Å². The lowest BCUT2D eigenvalue weighted by Gasteiger charge is -2.31. The van der Waals surface area contributed by atoms with Crippen LogP contribution >= 0.6 is 0 Å². The summed E-state index contributed by atoms with van der Waals surface area (Å²) in [6.07, 6.45) is 0.123. The summed E-state index contributed by atoms with van der Waals surface area (Å²) in [4.78, 5) is 24.8. The number of carbonyl (C=O) groups is 2. The lowest BCUT2D eigenvalue weighted by Crippen LogP contribution is -2.41. The molecule has 2 aliphatic heterocycles. The first-order valence-corrected chi connectivity index (χ1v) is 12.8. The molecule has 1 atom stereocenters. The number of rotatable bonds is 6. The van der Waals surface area contributed by atoms with Crippen LogP contribution in [0.15, 0.2) is 41.3 Å². The summed E-state index contributed by atoms with van der Waals surface area (Å²) < 4.78 is 39.3. The fourth-order valence-electron chi connectivity index (χ4n) is 4.20. The summed E-state index contributed by atoms with van der Waals surface area (Å²) in [5.41, 5.74) is 1.59. The SMILES string of the molecule is CCOc1ccccc1NC(=O)C1CCN(S(=O)(=O)c2cc3c(cc2C)NC(=O)[C@@H](C)O3)CC1. The van der Waals surface area contributed by atoms with Gasteiger partial charge in [0.25, 0.3) is 5.91 Å². The molecule has 0 saturated carbocycles. The Morgan fingerprint density at radius 3 is 2.65 bits per heavy atom. The molecule has 0 aromatic heterocycles. The maximum atomic E-state index is 13.4. The van der Waals surface area contributed by atoms with Gasteiger partial charge < -0.3 is 20.1 Å². The van der Waals surface area contributed by atoms with Crippen molar-refractivity contribution in [2.45, 2.75) is 44.6 Å². The first-order valence-electron chi connectivity index (χ1n) is 11.4. The van der Waals surface area contributed by atoms with E-state index in [1.54, 1.807) is 32.0 Å². The minimum Gasteiger partial charge on any atom is -0.492 e. The molecular formula is C24H29N3O6S. The van der Waals surface area contributed by atoms with Crippen LogP contribution < -0.4 is 20.1 Å². The zero-order valence-corrected chi connectivity index (χ0v) is 20.3. The number of sulfonamides is 1. The molecule has 2 aromatic carbocycles. The van der Waals surface area contributed by atoms with E-state index in [1.165, 1.54) is 10.4 Å². The fourth-order valence-corrected chi connectivity index (χ4v) is 5.90. The van der Waals surface area contributed by atoms with Gasteiger partial charge in [-0.3, -0.25) is 9.59 Å². The minimum absolute atomic E-state index is 0.142. The van der Waals surface area contributed by atoms with E-state index < -0.39 is 16.1 Å². The lowest BCUT2D eigenvalue weighted by atomic mass is 9.97. The largest absolute Gasteiger partial charge is 0.492 e. The number of amides is 2. The number of hydrogen-bond donors (Lipinski definition) is 2. The summed E-state index contributed by atoms with van der Waals surface area (Å²) >= 11 is 0. The van der Waals surface area contributed by atoms with Crippen LogP contribution in [0.5, 0.6) is 11.5 Å². The highest BCUT2D eigenvalue weighted by atomic mass is 32.2. The smallest absolute Gasteiger partial charge is 0.265 e. The first-order chi connectivity index (χ1) is 16.2. The Kier molecular flexibility index (Phi) is 6.81. The van der Waals surface area contributed by atoms with Gasteiger partial charge in [-0.25, -0.2) is 8.42 Å². The van der Waals surface area contributed by atoms with Crippen LogP contribution in [-0.4, -0.2) is 50.3 Å². The predicted molar refractivity (Wildman–Crippen MR) is 128 cm³/mol. The van der Waals surface area contributed by atoms with Crippen molar-refractivity contribution in [3.05, 3.63) is 42.0 Å². The van der Waals surface area contributed by atoms with Crippen LogP contribution in [0.4, 0.5) is 11.4 Å². The van der Waals surface area contributed by atoms with Gasteiger partial charge in [-0.05, 0) is 57.4 Å². The van der Waals surface area contributed by atoms with Gasteiger partial charge in [0.1, 0.15) is 11.5 Å². The number of benzene rings is 2. The quantitative estimate of drug-likeness (QED) is 0.647. The number of fused-ring (bicyclic) bond motifs is 1. The molecular weight excluding hydrogens is 458 g/mol. The van der Waals surface area contributed by atoms with Crippen molar-refractivity contribution >= 4 is 33.2 Å². The van der Waals surface area contributed by atoms with Gasteiger partial charge in [-0.15, -0.1) is 0 Å². The van der Waals surface area contributed by atoms with Crippen LogP contribution in [-0.2, 0) is 19.6 Å². The Morgan fingerprint density at radius 1 is 1.24 bits per heavy atom. The van der Waals surface area contributed by atoms with Crippen molar-refractivity contribution in [3.8, 4) is 11.5 Å². The van der Waals surface area contributed by atoms with Gasteiger partial charge in [-0.2, -0.15) is 4.31 Å². The molecule has 2 aliphatic rings. The molecule has 4 rings (SSSR count). The van der Waals surface area contributed by atoms with Gasteiger partial charge in [0.2, 0.25) is 15.9 Å². The van der Waals surface area contributed by atoms with Crippen molar-refractivity contribution < 1.29 is 27.5 Å². The monoisotopic (exact) mass is 487 g/mol. The van der Waals surface area contributed by atoms with Crippen LogP contribution in [0.1, 0.15) is 32.3 Å². The van der Waals surface area contributed by atoms with Crippen LogP contribution in [0.25, 0.3) is 0 Å². The molecule has 9 nitrogen and oxygen atoms in total. The first kappa shape index (κ1) is 24.0. The molecule has 2 heterocycles. The number of anilines is 2. The molecule has 1 saturated heterocycles. The van der Waals surface area contributed by atoms with E-state index in [0.717, 1.165) is 0 Å². The molecule has 0 bridgehead atoms. The highest BCUT2D eigenvalue weighted by Crippen LogP contribution is 2.36. The fraction of sp³-hybridized carbons (Fsp3) is 0.417. The van der Waals surface area contributed by atoms with E-state index in [4.69, 9.17) is 9.47 Å². The topological polar surface area (TPSA) is 114 Å². The maximum absolute atomic E-state index is 13.4. The molecule has 2 aromatic rings. The molecule has 1 fully saturated rings. The van der Waals surface area contributed by atoms with E-state index in [9.17, 15) is 18.0 Å². The van der Waals surface area contributed by atoms with Gasteiger partial charge in [0, 0.05) is 25.1 Å². The molecule has 0 unspecified atom stereocenters. The normalized spacial score (nSPS) is 19.0. The second kappa shape index (κ2) is 9.63. The van der Waals surface area contributed by atoms with E-state index in [0.29, 0.717) is 47.9 Å². The van der Waals surface area contributed by atoms with Crippen molar-refractivity contribution in [1.29, 1.82) is 0 Å². The standard InChI is InChI=1S/C24H29N3O6S/c1-4-32-20-8-6-5-7-18(20)25-24(29)17-9-11-27(12-10-17)34(30,31)22-14-21-19(13-15(22)2)26-23(28)16(3)33-21/h5-8,13-14,16-17H,4,9-12H2,1-3H3,(H,25,29)(H,26,28)/t16-/m1/s1. The molecule has 0 aliphatic carbocycles. The second-order valence-electron chi connectivity index (χ2n) is 8.46. The number of piperidine rings is 1. The Morgan fingerprint density at radius 2 is 1.94 bits per heavy atom. The Bertz CT molecular complexity index is 1210. The second-order valence-corrected chi connectivity index (χ2v) is 10.4. The zero-order chi connectivity index (χ0) is 24.5. The predicted octanol–water partition coefficient (Wildman–Crippen LogP) is 3.15. The summed E-state index contributed by atoms with van der Waals surface area (Å²) in [7, 11) is -3.79. The third kappa shape index (κ3) is 4.74. The third-order valence-electron chi connectivity index (χ3n) is 6.10. The average Bonchev–Trinajstić information content (AvgIpc) is 2.81. The lowest BCUT2D eigenvalue weighted by molar-refractivity contribution is -0.123. The van der Waals surface area contributed by atoms with Gasteiger partial charge >= 0.3 is 0 Å². The number of carbonyl (C=O) groups excluding carboxylic acids is 2. The van der Waals surface area contributed by atoms with Crippen LogP contribution in [0.2, 0.25) is 0 Å². The number of ether oxygens (including phenoxy) is 2. The Hall–Kier alpha value is -3.11. The van der Waals surface area contributed by atoms with Crippen molar-refractivity contribution in [1.82, 2.24) is 4.31 Å². The molecule has 2 amide bonds. The third-order valence-corrected chi connectivity index (χ3v) is 8.14. The Labute approximate surface area is 199 Å². The molecule has 10 heteroatoms. The molecule has 34 heavy (non-hydrogen) atoms. The van der Waals surface area contributed by atoms with Gasteiger partial charge in [-0.1, -0.05) is 12.1 Å². The Balaban J connectivity index is 1.44. The summed E-state index contributed by atoms with van der Waals surface area (Å²) in [6, 6.07) is 10.3. The van der Waals surface area contributed by atoms with E-state index in [1.807, 2.05) is 19.1 Å². The van der Waals surface area contributed by atoms with Crippen LogP contribution in [0.3, 0.4) is 0 Å². The number of aryl methyl sites for hydroxylation is 1. The maximum Gasteiger partial charge on any atom is 0.265 e. The zero-order valence-electron chi connectivity index (χ0n) is 19.5. The number of hydrogen-bond acceptors (Lipinski definition) is 6. The average molecular weight is 488 g/mol. The van der Waals surface area contributed by atoms with Gasteiger partial charge in [0.05, 0.1) is 22.9 Å². The number of nitrogens with one attached hydrogen (secondary N) is 2. The number of nitrogens with zero attached hydrogens (tertiary/aromatic N) is 1. The molecule has 0 spiro atoms. The van der Waals surface area contributed by atoms with Crippen molar-refractivity contribution in [2.24, 2.45) is 5.92 Å². The molecule has 0 radical (unpaired) electrons.